The molecule has 5 rings (SSSR count). The smallest absolute Gasteiger partial charge is 0.255 e. The number of carbonyl (C=O) groups excluding carboxylic acids is 1. The van der Waals surface area contributed by atoms with E-state index in [1.807, 2.05) is 18.9 Å². The molecule has 1 aliphatic carbocycles. The van der Waals surface area contributed by atoms with Crippen molar-refractivity contribution >= 4 is 23.2 Å². The van der Waals surface area contributed by atoms with Crippen LogP contribution in [-0.2, 0) is 5.54 Å². The number of hydrogen-bond donors (Lipinski definition) is 2. The van der Waals surface area contributed by atoms with Gasteiger partial charge in [0, 0.05) is 24.2 Å². The van der Waals surface area contributed by atoms with Gasteiger partial charge in [0.05, 0.1) is 22.2 Å². The lowest BCUT2D eigenvalue weighted by atomic mass is 9.97. The van der Waals surface area contributed by atoms with Gasteiger partial charge < -0.3 is 15.5 Å². The number of nitrogens with zero attached hydrogens (tertiary/aromatic N) is 3. The number of hydrogen-bond acceptors (Lipinski definition) is 6. The molecule has 6 nitrogen and oxygen atoms in total. The zero-order chi connectivity index (χ0) is 25.6. The summed E-state index contributed by atoms with van der Waals surface area (Å²) in [5.74, 6) is 0.415. The first-order chi connectivity index (χ1) is 17.3. The highest BCUT2D eigenvalue weighted by molar-refractivity contribution is 7.16. The number of rotatable bonds is 7. The molecular weight excluding hydrogens is 473 g/mol. The van der Waals surface area contributed by atoms with Crippen molar-refractivity contribution in [2.75, 3.05) is 25.5 Å². The third kappa shape index (κ3) is 4.10. The molecule has 0 aromatic carbocycles. The number of carbonyl (C=O) groups is 1. The number of halogens is 1. The third-order valence-electron chi connectivity index (χ3n) is 7.96. The lowest BCUT2D eigenvalue weighted by Crippen LogP contribution is -2.29. The summed E-state index contributed by atoms with van der Waals surface area (Å²) in [6.45, 7) is 10.2. The molecule has 2 N–H and O–H groups in total. The van der Waals surface area contributed by atoms with E-state index in [4.69, 9.17) is 0 Å². The predicted octanol–water partition coefficient (Wildman–Crippen LogP) is 5.94. The van der Waals surface area contributed by atoms with Gasteiger partial charge in [-0.1, -0.05) is 19.1 Å². The van der Waals surface area contributed by atoms with E-state index >= 15 is 4.39 Å². The Morgan fingerprint density at radius 2 is 2.17 bits per heavy atom. The molecule has 1 amide bonds. The fourth-order valence-corrected chi connectivity index (χ4v) is 6.87. The standard InChI is InChI=1S/C28H34FN5OS/c1-6-16(3)21(9-8-18(7-2)19-10-13-30-14-19)32-27-31-15-20(29)23(33-27)24-17(4)22-25(36-24)28(11-12-28)34(5)26(22)35/h7-9,15,19,30H,6,10-14H2,1-5H3,(H,31,32,33)/b9-8-,18-7+,21-16?. The number of thiophene rings is 1. The molecule has 4 heterocycles. The van der Waals surface area contributed by atoms with E-state index in [-0.39, 0.29) is 17.1 Å². The Balaban J connectivity index is 1.46. The fraction of sp³-hybridized carbons (Fsp3) is 0.464. The van der Waals surface area contributed by atoms with Crippen LogP contribution in [0.2, 0.25) is 0 Å². The zero-order valence-electron chi connectivity index (χ0n) is 21.7. The van der Waals surface area contributed by atoms with Crippen molar-refractivity contribution < 1.29 is 9.18 Å². The minimum atomic E-state index is -0.479. The van der Waals surface area contributed by atoms with Gasteiger partial charge >= 0.3 is 0 Å². The van der Waals surface area contributed by atoms with Crippen molar-refractivity contribution in [1.29, 1.82) is 0 Å². The van der Waals surface area contributed by atoms with Gasteiger partial charge in [0.15, 0.2) is 5.82 Å². The van der Waals surface area contributed by atoms with E-state index in [0.717, 1.165) is 66.0 Å². The summed E-state index contributed by atoms with van der Waals surface area (Å²) in [5, 5.41) is 6.77. The quantitative estimate of drug-likeness (QED) is 0.454. The normalized spacial score (nSPS) is 21.5. The van der Waals surface area contributed by atoms with Crippen molar-refractivity contribution in [2.24, 2.45) is 5.92 Å². The minimum Gasteiger partial charge on any atom is -0.331 e. The van der Waals surface area contributed by atoms with E-state index in [0.29, 0.717) is 16.7 Å². The first-order valence-electron chi connectivity index (χ1n) is 12.8. The Hall–Kier alpha value is -2.84. The molecule has 2 aromatic rings. The first-order valence-corrected chi connectivity index (χ1v) is 13.6. The van der Waals surface area contributed by atoms with E-state index < -0.39 is 5.82 Å². The maximum absolute atomic E-state index is 15.0. The second-order valence-corrected chi connectivity index (χ2v) is 11.1. The van der Waals surface area contributed by atoms with Gasteiger partial charge in [-0.15, -0.1) is 11.3 Å². The number of nitrogens with one attached hydrogen (secondary N) is 2. The van der Waals surface area contributed by atoms with Crippen LogP contribution >= 0.6 is 11.3 Å². The van der Waals surface area contributed by atoms with Crippen LogP contribution in [0.3, 0.4) is 0 Å². The highest BCUT2D eigenvalue weighted by Gasteiger charge is 2.58. The van der Waals surface area contributed by atoms with Gasteiger partial charge in [-0.05, 0) is 81.7 Å². The Labute approximate surface area is 216 Å². The predicted molar refractivity (Wildman–Crippen MR) is 144 cm³/mol. The molecule has 1 saturated carbocycles. The molecule has 1 unspecified atom stereocenters. The van der Waals surface area contributed by atoms with Crippen LogP contribution in [0, 0.1) is 18.7 Å². The summed E-state index contributed by atoms with van der Waals surface area (Å²) in [6, 6.07) is 0. The van der Waals surface area contributed by atoms with E-state index in [1.54, 1.807) is 0 Å². The van der Waals surface area contributed by atoms with Crippen LogP contribution in [-0.4, -0.2) is 40.9 Å². The second-order valence-electron chi connectivity index (χ2n) is 10.0. The molecule has 0 radical (unpaired) electrons. The summed E-state index contributed by atoms with van der Waals surface area (Å²) in [4.78, 5) is 25.4. The van der Waals surface area contributed by atoms with Crippen LogP contribution in [0.25, 0.3) is 10.6 Å². The van der Waals surface area contributed by atoms with Crippen molar-refractivity contribution in [3.8, 4) is 10.6 Å². The molecule has 8 heteroatoms. The molecule has 0 bridgehead atoms. The van der Waals surface area contributed by atoms with Crippen molar-refractivity contribution in [3.63, 3.8) is 0 Å². The first kappa shape index (κ1) is 24.8. The van der Waals surface area contributed by atoms with Crippen LogP contribution < -0.4 is 10.6 Å². The molecular formula is C28H34FN5OS. The van der Waals surface area contributed by atoms with Gasteiger partial charge in [0.2, 0.25) is 5.95 Å². The fourth-order valence-electron chi connectivity index (χ4n) is 5.29. The van der Waals surface area contributed by atoms with Crippen LogP contribution in [0.1, 0.15) is 67.3 Å². The maximum atomic E-state index is 15.0. The average Bonchev–Trinajstić information content (AvgIpc) is 3.26. The molecule has 36 heavy (non-hydrogen) atoms. The van der Waals surface area contributed by atoms with Gasteiger partial charge in [0.25, 0.3) is 5.91 Å². The van der Waals surface area contributed by atoms with Crippen LogP contribution in [0.5, 0.6) is 0 Å². The van der Waals surface area contributed by atoms with E-state index in [1.165, 1.54) is 23.1 Å². The topological polar surface area (TPSA) is 70.2 Å². The SMILES string of the molecule is C/C=C(\C=C/C(Nc1ncc(F)c(-c2sc3c(c2C)C(=O)N(C)C32CC2)n1)=C(C)CC)C1CCNC1. The van der Waals surface area contributed by atoms with Gasteiger partial charge in [0.1, 0.15) is 5.69 Å². The monoisotopic (exact) mass is 507 g/mol. The molecule has 1 saturated heterocycles. The number of anilines is 1. The second kappa shape index (κ2) is 9.56. The zero-order valence-corrected chi connectivity index (χ0v) is 22.5. The number of fused-ring (bicyclic) bond motifs is 2. The van der Waals surface area contributed by atoms with Gasteiger partial charge in [-0.25, -0.2) is 14.4 Å². The summed E-state index contributed by atoms with van der Waals surface area (Å²) in [6.07, 6.45) is 11.6. The minimum absolute atomic E-state index is 0.0292. The van der Waals surface area contributed by atoms with Gasteiger partial charge in [-0.2, -0.15) is 0 Å². The number of amides is 1. The highest BCUT2D eigenvalue weighted by Crippen LogP contribution is 2.60. The molecule has 190 valence electrons. The molecule has 2 fully saturated rings. The number of allylic oxidation sites excluding steroid dienone is 4. The summed E-state index contributed by atoms with van der Waals surface area (Å²) >= 11 is 1.50. The molecule has 2 aliphatic heterocycles. The average molecular weight is 508 g/mol. The summed E-state index contributed by atoms with van der Waals surface area (Å²) in [5.41, 5.74) is 4.98. The summed E-state index contributed by atoms with van der Waals surface area (Å²) < 4.78 is 15.0. The molecule has 1 spiro atoms. The molecule has 3 aliphatic rings. The third-order valence-corrected chi connectivity index (χ3v) is 9.45. The highest BCUT2D eigenvalue weighted by atomic mass is 32.1. The van der Waals surface area contributed by atoms with E-state index in [9.17, 15) is 4.79 Å². The Morgan fingerprint density at radius 3 is 2.81 bits per heavy atom. The van der Waals surface area contributed by atoms with Crippen molar-refractivity contribution in [1.82, 2.24) is 20.2 Å². The Bertz CT molecular complexity index is 1300. The van der Waals surface area contributed by atoms with Gasteiger partial charge in [-0.3, -0.25) is 4.79 Å². The maximum Gasteiger partial charge on any atom is 0.255 e. The van der Waals surface area contributed by atoms with Crippen molar-refractivity contribution in [2.45, 2.75) is 58.9 Å². The Kier molecular flexibility index (Phi) is 6.59. The molecule has 1 atom stereocenters. The van der Waals surface area contributed by atoms with E-state index in [2.05, 4.69) is 59.6 Å². The van der Waals surface area contributed by atoms with Crippen LogP contribution in [0.15, 0.2) is 41.3 Å². The summed E-state index contributed by atoms with van der Waals surface area (Å²) in [7, 11) is 1.87. The van der Waals surface area contributed by atoms with Crippen LogP contribution in [0.4, 0.5) is 10.3 Å². The Morgan fingerprint density at radius 1 is 1.39 bits per heavy atom. The van der Waals surface area contributed by atoms with Crippen molar-refractivity contribution in [3.05, 3.63) is 63.1 Å². The lowest BCUT2D eigenvalue weighted by Gasteiger charge is -2.19. The molecule has 2 aromatic heterocycles. The lowest BCUT2D eigenvalue weighted by molar-refractivity contribution is 0.0755. The largest absolute Gasteiger partial charge is 0.331 e. The number of aromatic nitrogens is 2.